The van der Waals surface area contributed by atoms with Crippen molar-refractivity contribution in [3.05, 3.63) is 54.1 Å². The van der Waals surface area contributed by atoms with Crippen molar-refractivity contribution in [2.45, 2.75) is 31.1 Å². The highest BCUT2D eigenvalue weighted by atomic mass is 32.2. The SMILES string of the molecule is CCCCSc1nnc2c(n1)O[C@H](c1ccc(O)cc1)Nc1ccccc1-2. The molecule has 0 fully saturated rings. The van der Waals surface area contributed by atoms with Gasteiger partial charge in [0.1, 0.15) is 5.75 Å². The van der Waals surface area contributed by atoms with Crippen LogP contribution in [0.3, 0.4) is 0 Å². The second-order valence-electron chi connectivity index (χ2n) is 6.23. The van der Waals surface area contributed by atoms with E-state index in [1.807, 2.05) is 36.4 Å². The summed E-state index contributed by atoms with van der Waals surface area (Å²) in [5.74, 6) is 1.62. The Morgan fingerprint density at radius 1 is 1.11 bits per heavy atom. The van der Waals surface area contributed by atoms with Gasteiger partial charge < -0.3 is 15.2 Å². The van der Waals surface area contributed by atoms with E-state index in [2.05, 4.69) is 27.4 Å². The minimum atomic E-state index is -0.446. The highest BCUT2D eigenvalue weighted by molar-refractivity contribution is 7.99. The Balaban J connectivity index is 1.73. The Labute approximate surface area is 162 Å². The largest absolute Gasteiger partial charge is 0.508 e. The summed E-state index contributed by atoms with van der Waals surface area (Å²) in [5, 5.41) is 22.3. The smallest absolute Gasteiger partial charge is 0.247 e. The fourth-order valence-electron chi connectivity index (χ4n) is 2.82. The number of rotatable bonds is 5. The molecule has 0 saturated heterocycles. The van der Waals surface area contributed by atoms with Gasteiger partial charge in [0.2, 0.25) is 11.0 Å². The number of nitrogens with zero attached hydrogens (tertiary/aromatic N) is 3. The van der Waals surface area contributed by atoms with E-state index in [0.29, 0.717) is 16.7 Å². The summed E-state index contributed by atoms with van der Waals surface area (Å²) in [6.45, 7) is 2.16. The number of unbranched alkanes of at least 4 members (excludes halogenated alkanes) is 1. The van der Waals surface area contributed by atoms with Crippen molar-refractivity contribution in [2.24, 2.45) is 0 Å². The number of hydrogen-bond acceptors (Lipinski definition) is 7. The monoisotopic (exact) mass is 380 g/mol. The van der Waals surface area contributed by atoms with E-state index in [9.17, 15) is 5.11 Å². The Bertz CT molecular complexity index is 934. The summed E-state index contributed by atoms with van der Waals surface area (Å²) in [6.07, 6.45) is 1.78. The molecule has 1 atom stereocenters. The number of aromatic nitrogens is 3. The molecule has 0 unspecified atom stereocenters. The van der Waals surface area contributed by atoms with Gasteiger partial charge in [0.15, 0.2) is 11.9 Å². The van der Waals surface area contributed by atoms with Gasteiger partial charge in [0.05, 0.1) is 0 Å². The first-order chi connectivity index (χ1) is 13.2. The van der Waals surface area contributed by atoms with Crippen LogP contribution in [0.2, 0.25) is 0 Å². The molecule has 2 heterocycles. The van der Waals surface area contributed by atoms with Gasteiger partial charge >= 0.3 is 0 Å². The van der Waals surface area contributed by atoms with Crippen LogP contribution < -0.4 is 10.1 Å². The standard InChI is InChI=1S/C20H20N4O2S/c1-2-3-12-27-20-22-19-17(23-24-20)15-6-4-5-7-16(15)21-18(26-19)13-8-10-14(25)11-9-13/h4-11,18,21,25H,2-3,12H2,1H3/t18-/m1/s1. The molecule has 6 nitrogen and oxygen atoms in total. The Hall–Kier alpha value is -2.80. The molecule has 2 N–H and O–H groups in total. The van der Waals surface area contributed by atoms with Gasteiger partial charge in [0.25, 0.3) is 0 Å². The van der Waals surface area contributed by atoms with Crippen LogP contribution in [0.25, 0.3) is 11.3 Å². The molecule has 27 heavy (non-hydrogen) atoms. The molecular formula is C20H20N4O2S. The molecule has 3 aromatic rings. The first kappa shape index (κ1) is 17.6. The van der Waals surface area contributed by atoms with E-state index in [4.69, 9.17) is 4.74 Å². The molecule has 0 aliphatic carbocycles. The maximum Gasteiger partial charge on any atom is 0.247 e. The molecule has 1 aromatic heterocycles. The molecule has 138 valence electrons. The molecule has 4 rings (SSSR count). The summed E-state index contributed by atoms with van der Waals surface area (Å²) in [5.41, 5.74) is 3.31. The number of fused-ring (bicyclic) bond motifs is 3. The van der Waals surface area contributed by atoms with Crippen LogP contribution in [0.1, 0.15) is 31.6 Å². The molecule has 0 amide bonds. The van der Waals surface area contributed by atoms with Gasteiger partial charge in [-0.05, 0) is 36.8 Å². The lowest BCUT2D eigenvalue weighted by molar-refractivity contribution is 0.225. The summed E-state index contributed by atoms with van der Waals surface area (Å²) in [6, 6.07) is 14.8. The molecule has 1 aliphatic heterocycles. The molecule has 2 aromatic carbocycles. The third kappa shape index (κ3) is 3.83. The number of phenols is 1. The minimum Gasteiger partial charge on any atom is -0.508 e. The summed E-state index contributed by atoms with van der Waals surface area (Å²) >= 11 is 1.59. The summed E-state index contributed by atoms with van der Waals surface area (Å²) in [4.78, 5) is 4.62. The van der Waals surface area contributed by atoms with E-state index >= 15 is 0 Å². The van der Waals surface area contributed by atoms with Crippen LogP contribution in [0.15, 0.2) is 53.7 Å². The summed E-state index contributed by atoms with van der Waals surface area (Å²) < 4.78 is 6.19. The van der Waals surface area contributed by atoms with Gasteiger partial charge in [-0.3, -0.25) is 0 Å². The van der Waals surface area contributed by atoms with Crippen molar-refractivity contribution in [2.75, 3.05) is 11.1 Å². The van der Waals surface area contributed by atoms with Crippen LogP contribution in [0.5, 0.6) is 11.6 Å². The second-order valence-corrected chi connectivity index (χ2v) is 7.29. The Kier molecular flexibility index (Phi) is 5.11. The maximum atomic E-state index is 9.57. The van der Waals surface area contributed by atoms with Crippen molar-refractivity contribution in [3.8, 4) is 22.9 Å². The minimum absolute atomic E-state index is 0.215. The van der Waals surface area contributed by atoms with E-state index in [1.165, 1.54) is 0 Å². The van der Waals surface area contributed by atoms with Gasteiger partial charge in [-0.1, -0.05) is 43.3 Å². The average Bonchev–Trinajstić information content (AvgIpc) is 2.85. The number of thioether (sulfide) groups is 1. The van der Waals surface area contributed by atoms with Crippen molar-refractivity contribution in [1.82, 2.24) is 15.2 Å². The van der Waals surface area contributed by atoms with Gasteiger partial charge in [-0.25, -0.2) is 0 Å². The van der Waals surface area contributed by atoms with Gasteiger partial charge in [-0.2, -0.15) is 4.98 Å². The van der Waals surface area contributed by atoms with E-state index in [1.54, 1.807) is 23.9 Å². The zero-order chi connectivity index (χ0) is 18.6. The Morgan fingerprint density at radius 2 is 1.93 bits per heavy atom. The maximum absolute atomic E-state index is 9.57. The number of phenolic OH excluding ortho intramolecular Hbond substituents is 1. The highest BCUT2D eigenvalue weighted by Crippen LogP contribution is 2.39. The number of para-hydroxylation sites is 1. The number of aromatic hydroxyl groups is 1. The van der Waals surface area contributed by atoms with E-state index in [-0.39, 0.29) is 5.75 Å². The normalized spacial score (nSPS) is 15.1. The third-order valence-corrected chi connectivity index (χ3v) is 5.18. The first-order valence-electron chi connectivity index (χ1n) is 8.93. The number of anilines is 1. The van der Waals surface area contributed by atoms with Crippen LogP contribution in [-0.4, -0.2) is 26.0 Å². The highest BCUT2D eigenvalue weighted by Gasteiger charge is 2.25. The molecule has 0 spiro atoms. The van der Waals surface area contributed by atoms with Crippen molar-refractivity contribution >= 4 is 17.4 Å². The molecule has 0 radical (unpaired) electrons. The molecule has 7 heteroatoms. The van der Waals surface area contributed by atoms with E-state index in [0.717, 1.165) is 35.4 Å². The topological polar surface area (TPSA) is 80.2 Å². The molecular weight excluding hydrogens is 360 g/mol. The lowest BCUT2D eigenvalue weighted by Gasteiger charge is -2.19. The van der Waals surface area contributed by atoms with Crippen LogP contribution in [0, 0.1) is 0 Å². The molecule has 1 aliphatic rings. The van der Waals surface area contributed by atoms with Crippen LogP contribution in [-0.2, 0) is 0 Å². The van der Waals surface area contributed by atoms with Gasteiger partial charge in [0, 0.05) is 22.6 Å². The predicted molar refractivity (Wildman–Crippen MR) is 106 cm³/mol. The zero-order valence-corrected chi connectivity index (χ0v) is 15.7. The number of benzene rings is 2. The first-order valence-corrected chi connectivity index (χ1v) is 9.92. The quantitative estimate of drug-likeness (QED) is 0.493. The Morgan fingerprint density at radius 3 is 2.74 bits per heavy atom. The summed E-state index contributed by atoms with van der Waals surface area (Å²) in [7, 11) is 0. The molecule has 0 bridgehead atoms. The van der Waals surface area contributed by atoms with Crippen molar-refractivity contribution < 1.29 is 9.84 Å². The fourth-order valence-corrected chi connectivity index (χ4v) is 3.68. The zero-order valence-electron chi connectivity index (χ0n) is 14.9. The number of hydrogen-bond donors (Lipinski definition) is 2. The molecule has 0 saturated carbocycles. The lowest BCUT2D eigenvalue weighted by atomic mass is 10.1. The van der Waals surface area contributed by atoms with Crippen LogP contribution in [0.4, 0.5) is 5.69 Å². The predicted octanol–water partition coefficient (Wildman–Crippen LogP) is 4.64. The second kappa shape index (κ2) is 7.84. The fraction of sp³-hybridized carbons (Fsp3) is 0.250. The average molecular weight is 380 g/mol. The van der Waals surface area contributed by atoms with Crippen LogP contribution >= 0.6 is 11.8 Å². The number of nitrogens with one attached hydrogen (secondary N) is 1. The lowest BCUT2D eigenvalue weighted by Crippen LogP contribution is -2.17. The van der Waals surface area contributed by atoms with Crippen molar-refractivity contribution in [1.29, 1.82) is 0 Å². The van der Waals surface area contributed by atoms with E-state index < -0.39 is 6.23 Å². The van der Waals surface area contributed by atoms with Gasteiger partial charge in [-0.15, -0.1) is 10.2 Å². The number of ether oxygens (including phenoxy) is 1. The van der Waals surface area contributed by atoms with Crippen molar-refractivity contribution in [3.63, 3.8) is 0 Å². The third-order valence-electron chi connectivity index (χ3n) is 4.26.